The Labute approximate surface area is 217 Å². The molecule has 0 aliphatic carbocycles. The summed E-state index contributed by atoms with van der Waals surface area (Å²) in [6, 6.07) is 19.6. The summed E-state index contributed by atoms with van der Waals surface area (Å²) in [4.78, 5) is 31.7. The Morgan fingerprint density at radius 1 is 1.03 bits per heavy atom. The van der Waals surface area contributed by atoms with E-state index in [1.165, 1.54) is 40.4 Å². The number of pyridine rings is 1. The third-order valence-electron chi connectivity index (χ3n) is 5.37. The van der Waals surface area contributed by atoms with E-state index in [0.717, 1.165) is 10.0 Å². The number of aromatic nitrogens is 3. The maximum absolute atomic E-state index is 13.2. The maximum atomic E-state index is 13.2. The lowest BCUT2D eigenvalue weighted by atomic mass is 9.96. The molecule has 1 aliphatic heterocycles. The van der Waals surface area contributed by atoms with Crippen LogP contribution in [-0.2, 0) is 15.3 Å². The molecule has 0 bridgehead atoms. The molecule has 1 saturated heterocycles. The molecule has 1 fully saturated rings. The van der Waals surface area contributed by atoms with E-state index in [4.69, 9.17) is 0 Å². The maximum Gasteiger partial charge on any atom is 0.301 e. The standard InChI is InChI=1S/C25H17BrN4O3S2/c26-18-8-4-7-17(13-18)20-19(21(31)16-9-11-27-12-10-16)22(32)23(33)30(20)24-28-29-25(35-24)34-14-15-5-2-1-3-6-15/h1-13,20,31H,14H2/b21-19+. The Balaban J connectivity index is 1.55. The highest BCUT2D eigenvalue weighted by atomic mass is 79.9. The normalized spacial score (nSPS) is 17.2. The zero-order chi connectivity index (χ0) is 24.4. The quantitative estimate of drug-likeness (QED) is 0.107. The van der Waals surface area contributed by atoms with Crippen LogP contribution in [0.5, 0.6) is 0 Å². The number of carbonyl (C=O) groups is 2. The topological polar surface area (TPSA) is 96.3 Å². The van der Waals surface area contributed by atoms with E-state index in [1.807, 2.05) is 48.5 Å². The second kappa shape index (κ2) is 10.1. The van der Waals surface area contributed by atoms with Crippen molar-refractivity contribution in [3.05, 3.63) is 106 Å². The van der Waals surface area contributed by atoms with Gasteiger partial charge in [0.2, 0.25) is 5.13 Å². The lowest BCUT2D eigenvalue weighted by Crippen LogP contribution is -2.29. The summed E-state index contributed by atoms with van der Waals surface area (Å²) in [6.45, 7) is 0. The number of Topliss-reactive ketones (excluding diaryl/α,β-unsaturated/α-hetero) is 1. The third-order valence-corrected chi connectivity index (χ3v) is 7.99. The van der Waals surface area contributed by atoms with Crippen LogP contribution >= 0.6 is 39.0 Å². The van der Waals surface area contributed by atoms with E-state index in [0.29, 0.717) is 26.4 Å². The molecule has 0 radical (unpaired) electrons. The molecule has 4 aromatic rings. The van der Waals surface area contributed by atoms with E-state index in [-0.39, 0.29) is 11.3 Å². The van der Waals surface area contributed by atoms with Gasteiger partial charge in [0.1, 0.15) is 5.76 Å². The van der Waals surface area contributed by atoms with Crippen molar-refractivity contribution in [1.82, 2.24) is 15.2 Å². The van der Waals surface area contributed by atoms with E-state index in [9.17, 15) is 14.7 Å². The first kappa shape index (κ1) is 23.4. The minimum absolute atomic E-state index is 0.00649. The van der Waals surface area contributed by atoms with Gasteiger partial charge in [-0.15, -0.1) is 10.2 Å². The molecule has 0 spiro atoms. The number of rotatable bonds is 6. The minimum atomic E-state index is -0.861. The van der Waals surface area contributed by atoms with Crippen molar-refractivity contribution in [2.24, 2.45) is 0 Å². The summed E-state index contributed by atoms with van der Waals surface area (Å²) in [6.07, 6.45) is 3.03. The predicted molar refractivity (Wildman–Crippen MR) is 139 cm³/mol. The second-order valence-corrected chi connectivity index (χ2v) is 10.7. The summed E-state index contributed by atoms with van der Waals surface area (Å²) in [5.41, 5.74) is 2.19. The number of hydrogen-bond acceptors (Lipinski definition) is 8. The van der Waals surface area contributed by atoms with Gasteiger partial charge < -0.3 is 5.11 Å². The Bertz CT molecular complexity index is 1430. The monoisotopic (exact) mass is 564 g/mol. The second-order valence-electron chi connectivity index (χ2n) is 7.58. The Morgan fingerprint density at radius 2 is 1.80 bits per heavy atom. The van der Waals surface area contributed by atoms with Gasteiger partial charge in [-0.2, -0.15) is 0 Å². The molecule has 7 nitrogen and oxygen atoms in total. The van der Waals surface area contributed by atoms with Crippen LogP contribution in [-0.4, -0.2) is 32.0 Å². The number of carbonyl (C=O) groups excluding carboxylic acids is 2. The average Bonchev–Trinajstić information content (AvgIpc) is 3.46. The number of thioether (sulfide) groups is 1. The van der Waals surface area contributed by atoms with E-state index in [2.05, 4.69) is 31.1 Å². The van der Waals surface area contributed by atoms with Gasteiger partial charge in [-0.3, -0.25) is 19.5 Å². The van der Waals surface area contributed by atoms with Crippen LogP contribution in [0.25, 0.3) is 5.76 Å². The highest BCUT2D eigenvalue weighted by Crippen LogP contribution is 2.44. The molecule has 3 heterocycles. The molecule has 174 valence electrons. The molecule has 2 aromatic carbocycles. The summed E-state index contributed by atoms with van der Waals surface area (Å²) < 4.78 is 1.45. The van der Waals surface area contributed by atoms with Crippen molar-refractivity contribution in [2.75, 3.05) is 4.90 Å². The summed E-state index contributed by atoms with van der Waals surface area (Å²) in [5.74, 6) is -1.11. The number of halogens is 1. The third kappa shape index (κ3) is 4.77. The number of benzene rings is 2. The van der Waals surface area contributed by atoms with Gasteiger partial charge >= 0.3 is 5.91 Å². The average molecular weight is 565 g/mol. The first-order valence-electron chi connectivity index (χ1n) is 10.5. The first-order valence-corrected chi connectivity index (χ1v) is 13.1. The summed E-state index contributed by atoms with van der Waals surface area (Å²) >= 11 is 6.20. The molecule has 35 heavy (non-hydrogen) atoms. The van der Waals surface area contributed by atoms with Crippen molar-refractivity contribution >= 4 is 61.6 Å². The van der Waals surface area contributed by atoms with Crippen LogP contribution in [0.4, 0.5) is 5.13 Å². The fraction of sp³-hybridized carbons (Fsp3) is 0.0800. The fourth-order valence-corrected chi connectivity index (χ4v) is 6.01. The number of aliphatic hydroxyl groups excluding tert-OH is 1. The Morgan fingerprint density at radius 3 is 2.54 bits per heavy atom. The molecule has 1 aliphatic rings. The van der Waals surface area contributed by atoms with Crippen molar-refractivity contribution in [3.8, 4) is 0 Å². The largest absolute Gasteiger partial charge is 0.507 e. The van der Waals surface area contributed by atoms with Gasteiger partial charge in [-0.1, -0.05) is 81.5 Å². The highest BCUT2D eigenvalue weighted by molar-refractivity contribution is 9.10. The lowest BCUT2D eigenvalue weighted by molar-refractivity contribution is -0.132. The Kier molecular flexibility index (Phi) is 6.76. The number of aliphatic hydroxyl groups is 1. The molecule has 1 N–H and O–H groups in total. The predicted octanol–water partition coefficient (Wildman–Crippen LogP) is 5.61. The van der Waals surface area contributed by atoms with Crippen LogP contribution in [0.15, 0.2) is 93.5 Å². The smallest absolute Gasteiger partial charge is 0.301 e. The van der Waals surface area contributed by atoms with E-state index in [1.54, 1.807) is 18.2 Å². The van der Waals surface area contributed by atoms with Gasteiger partial charge in [-0.05, 0) is 35.4 Å². The van der Waals surface area contributed by atoms with Crippen LogP contribution in [0.3, 0.4) is 0 Å². The highest BCUT2D eigenvalue weighted by Gasteiger charge is 2.48. The van der Waals surface area contributed by atoms with Crippen LogP contribution in [0.1, 0.15) is 22.7 Å². The van der Waals surface area contributed by atoms with Crippen molar-refractivity contribution in [1.29, 1.82) is 0 Å². The Hall–Kier alpha value is -3.34. The number of amides is 1. The molecule has 5 rings (SSSR count). The number of ketones is 1. The zero-order valence-electron chi connectivity index (χ0n) is 18.0. The molecule has 10 heteroatoms. The van der Waals surface area contributed by atoms with Gasteiger partial charge in [0.15, 0.2) is 4.34 Å². The zero-order valence-corrected chi connectivity index (χ0v) is 21.3. The molecule has 2 aromatic heterocycles. The molecule has 1 atom stereocenters. The van der Waals surface area contributed by atoms with Crippen molar-refractivity contribution in [2.45, 2.75) is 16.1 Å². The van der Waals surface area contributed by atoms with Crippen LogP contribution in [0, 0.1) is 0 Å². The fourth-order valence-electron chi connectivity index (χ4n) is 3.76. The lowest BCUT2D eigenvalue weighted by Gasteiger charge is -2.22. The van der Waals surface area contributed by atoms with Gasteiger partial charge in [0, 0.05) is 28.2 Å². The van der Waals surface area contributed by atoms with Gasteiger partial charge in [0.25, 0.3) is 5.78 Å². The van der Waals surface area contributed by atoms with Gasteiger partial charge in [-0.25, -0.2) is 0 Å². The van der Waals surface area contributed by atoms with Crippen LogP contribution in [0.2, 0.25) is 0 Å². The number of hydrogen-bond donors (Lipinski definition) is 1. The molecule has 0 saturated carbocycles. The molecular formula is C25H17BrN4O3S2. The SMILES string of the molecule is O=C1C(=O)N(c2nnc(SCc3ccccc3)s2)C(c2cccc(Br)c2)/C1=C(\O)c1ccncc1. The minimum Gasteiger partial charge on any atom is -0.507 e. The van der Waals surface area contributed by atoms with E-state index < -0.39 is 17.7 Å². The van der Waals surface area contributed by atoms with Gasteiger partial charge in [0.05, 0.1) is 11.6 Å². The summed E-state index contributed by atoms with van der Waals surface area (Å²) in [7, 11) is 0. The summed E-state index contributed by atoms with van der Waals surface area (Å²) in [5, 5.41) is 19.9. The van der Waals surface area contributed by atoms with E-state index >= 15 is 0 Å². The number of nitrogens with zero attached hydrogens (tertiary/aromatic N) is 4. The van der Waals surface area contributed by atoms with Crippen LogP contribution < -0.4 is 4.90 Å². The van der Waals surface area contributed by atoms with Crippen molar-refractivity contribution < 1.29 is 14.7 Å². The number of anilines is 1. The van der Waals surface area contributed by atoms with Crippen molar-refractivity contribution in [3.63, 3.8) is 0 Å². The molecule has 1 unspecified atom stereocenters. The first-order chi connectivity index (χ1) is 17.0. The molecule has 1 amide bonds. The molecular weight excluding hydrogens is 548 g/mol.